The van der Waals surface area contributed by atoms with Crippen LogP contribution in [0.5, 0.6) is 0 Å². The van der Waals surface area contributed by atoms with Crippen molar-refractivity contribution in [2.24, 2.45) is 0 Å². The van der Waals surface area contributed by atoms with E-state index in [1.54, 1.807) is 6.20 Å². The number of nitrogens with one attached hydrogen (secondary N) is 1. The second-order valence-corrected chi connectivity index (χ2v) is 7.25. The molecule has 0 saturated carbocycles. The van der Waals surface area contributed by atoms with Crippen LogP contribution in [0.15, 0.2) is 33.3 Å². The standard InChI is InChI=1S/C15H18Br2ClN3/c1-4-19-14(11-6-5-10(16)7-12(11)17)15-13(18)8-20-21(15)9(2)3/h5-9,14,19H,4H2,1-3H3. The third-order valence-corrected chi connectivity index (χ3v) is 4.70. The van der Waals surface area contributed by atoms with Crippen LogP contribution in [-0.2, 0) is 0 Å². The van der Waals surface area contributed by atoms with Gasteiger partial charge in [-0.05, 0) is 38.1 Å². The van der Waals surface area contributed by atoms with Crippen LogP contribution in [0, 0.1) is 0 Å². The van der Waals surface area contributed by atoms with Gasteiger partial charge in [0.15, 0.2) is 0 Å². The number of hydrogen-bond acceptors (Lipinski definition) is 2. The van der Waals surface area contributed by atoms with Crippen LogP contribution < -0.4 is 5.32 Å². The molecule has 0 fully saturated rings. The number of benzene rings is 1. The molecule has 1 unspecified atom stereocenters. The van der Waals surface area contributed by atoms with E-state index in [1.807, 2.05) is 16.8 Å². The van der Waals surface area contributed by atoms with E-state index in [9.17, 15) is 0 Å². The van der Waals surface area contributed by atoms with E-state index >= 15 is 0 Å². The minimum atomic E-state index is -0.00475. The highest BCUT2D eigenvalue weighted by Crippen LogP contribution is 2.35. The number of rotatable bonds is 5. The van der Waals surface area contributed by atoms with Gasteiger partial charge in [0, 0.05) is 15.0 Å². The average molecular weight is 436 g/mol. The molecule has 0 radical (unpaired) electrons. The summed E-state index contributed by atoms with van der Waals surface area (Å²) in [5, 5.41) is 8.60. The first kappa shape index (κ1) is 17.0. The zero-order valence-electron chi connectivity index (χ0n) is 12.2. The molecule has 2 rings (SSSR count). The van der Waals surface area contributed by atoms with Gasteiger partial charge in [0.25, 0.3) is 0 Å². The van der Waals surface area contributed by atoms with Crippen molar-refractivity contribution >= 4 is 43.5 Å². The van der Waals surface area contributed by atoms with Gasteiger partial charge in [-0.15, -0.1) is 0 Å². The molecule has 114 valence electrons. The number of aromatic nitrogens is 2. The van der Waals surface area contributed by atoms with Gasteiger partial charge < -0.3 is 5.32 Å². The van der Waals surface area contributed by atoms with Crippen molar-refractivity contribution in [2.45, 2.75) is 32.9 Å². The predicted octanol–water partition coefficient (Wildman–Crippen LogP) is 5.34. The van der Waals surface area contributed by atoms with E-state index in [2.05, 4.69) is 69.1 Å². The van der Waals surface area contributed by atoms with Gasteiger partial charge in [0.1, 0.15) is 0 Å². The highest BCUT2D eigenvalue weighted by atomic mass is 79.9. The molecule has 0 saturated heterocycles. The molecule has 0 aliphatic carbocycles. The third kappa shape index (κ3) is 3.70. The maximum absolute atomic E-state index is 6.41. The van der Waals surface area contributed by atoms with E-state index in [-0.39, 0.29) is 12.1 Å². The molecule has 1 aromatic carbocycles. The summed E-state index contributed by atoms with van der Waals surface area (Å²) in [6.45, 7) is 7.13. The van der Waals surface area contributed by atoms with Crippen LogP contribution in [0.1, 0.15) is 44.1 Å². The fraction of sp³-hybridized carbons (Fsp3) is 0.400. The van der Waals surface area contributed by atoms with Gasteiger partial charge in [-0.25, -0.2) is 0 Å². The Bertz CT molecular complexity index is 625. The van der Waals surface area contributed by atoms with Crippen LogP contribution >= 0.6 is 43.5 Å². The van der Waals surface area contributed by atoms with Crippen LogP contribution in [0.2, 0.25) is 5.02 Å². The van der Waals surface area contributed by atoms with Crippen molar-refractivity contribution < 1.29 is 0 Å². The molecule has 6 heteroatoms. The molecule has 3 nitrogen and oxygen atoms in total. The molecular weight excluding hydrogens is 417 g/mol. The topological polar surface area (TPSA) is 29.9 Å². The fourth-order valence-electron chi connectivity index (χ4n) is 2.33. The Labute approximate surface area is 147 Å². The third-order valence-electron chi connectivity index (χ3n) is 3.23. The van der Waals surface area contributed by atoms with Crippen LogP contribution in [0.25, 0.3) is 0 Å². The summed E-state index contributed by atoms with van der Waals surface area (Å²) < 4.78 is 4.05. The van der Waals surface area contributed by atoms with Gasteiger partial charge in [-0.3, -0.25) is 4.68 Å². The average Bonchev–Trinajstić information content (AvgIpc) is 2.79. The van der Waals surface area contributed by atoms with E-state index < -0.39 is 0 Å². The van der Waals surface area contributed by atoms with Crippen LogP contribution in [0.3, 0.4) is 0 Å². The maximum atomic E-state index is 6.41. The summed E-state index contributed by atoms with van der Waals surface area (Å²) in [6.07, 6.45) is 1.72. The van der Waals surface area contributed by atoms with E-state index in [0.717, 1.165) is 26.7 Å². The minimum Gasteiger partial charge on any atom is -0.305 e. The summed E-state index contributed by atoms with van der Waals surface area (Å²) in [6, 6.07) is 6.42. The minimum absolute atomic E-state index is 0.00475. The monoisotopic (exact) mass is 433 g/mol. The molecule has 1 N–H and O–H groups in total. The SMILES string of the molecule is CCNC(c1ccc(Br)cc1Br)c1c(Cl)cnn1C(C)C. The second kappa shape index (κ2) is 7.27. The second-order valence-electron chi connectivity index (χ2n) is 5.07. The van der Waals surface area contributed by atoms with Crippen molar-refractivity contribution in [1.29, 1.82) is 0 Å². The number of halogens is 3. The maximum Gasteiger partial charge on any atom is 0.0837 e. The van der Waals surface area contributed by atoms with Gasteiger partial charge >= 0.3 is 0 Å². The van der Waals surface area contributed by atoms with Crippen LogP contribution in [-0.4, -0.2) is 16.3 Å². The van der Waals surface area contributed by atoms with Crippen LogP contribution in [0.4, 0.5) is 0 Å². The zero-order chi connectivity index (χ0) is 15.6. The summed E-state index contributed by atoms with van der Waals surface area (Å²) >= 11 is 13.5. The van der Waals surface area contributed by atoms with E-state index in [0.29, 0.717) is 5.02 Å². The molecule has 1 heterocycles. The van der Waals surface area contributed by atoms with Gasteiger partial charge in [0.05, 0.1) is 23.0 Å². The number of nitrogens with zero attached hydrogens (tertiary/aromatic N) is 2. The largest absolute Gasteiger partial charge is 0.305 e. The molecule has 2 aromatic rings. The fourth-order valence-corrected chi connectivity index (χ4v) is 3.84. The lowest BCUT2D eigenvalue weighted by Gasteiger charge is -2.23. The Morgan fingerprint density at radius 1 is 1.33 bits per heavy atom. The van der Waals surface area contributed by atoms with Crippen molar-refractivity contribution in [1.82, 2.24) is 15.1 Å². The Balaban J connectivity index is 2.56. The Morgan fingerprint density at radius 3 is 2.62 bits per heavy atom. The first-order valence-electron chi connectivity index (χ1n) is 6.87. The molecule has 0 aliphatic rings. The van der Waals surface area contributed by atoms with Crippen molar-refractivity contribution in [3.05, 3.63) is 49.6 Å². The summed E-state index contributed by atoms with van der Waals surface area (Å²) in [5.41, 5.74) is 2.14. The quantitative estimate of drug-likeness (QED) is 0.687. The lowest BCUT2D eigenvalue weighted by molar-refractivity contribution is 0.476. The predicted molar refractivity (Wildman–Crippen MR) is 95.0 cm³/mol. The molecular formula is C15H18Br2ClN3. The molecule has 1 atom stereocenters. The van der Waals surface area contributed by atoms with Gasteiger partial charge in [0.2, 0.25) is 0 Å². The summed E-state index contributed by atoms with van der Waals surface area (Å²) in [4.78, 5) is 0. The molecule has 0 spiro atoms. The van der Waals surface area contributed by atoms with Gasteiger partial charge in [-0.2, -0.15) is 5.10 Å². The van der Waals surface area contributed by atoms with Crippen molar-refractivity contribution in [2.75, 3.05) is 6.54 Å². The Morgan fingerprint density at radius 2 is 2.05 bits per heavy atom. The smallest absolute Gasteiger partial charge is 0.0837 e. The highest BCUT2D eigenvalue weighted by molar-refractivity contribution is 9.11. The zero-order valence-corrected chi connectivity index (χ0v) is 16.1. The molecule has 0 bridgehead atoms. The van der Waals surface area contributed by atoms with E-state index in [4.69, 9.17) is 11.6 Å². The van der Waals surface area contributed by atoms with Crippen molar-refractivity contribution in [3.8, 4) is 0 Å². The molecule has 1 aromatic heterocycles. The molecule has 21 heavy (non-hydrogen) atoms. The van der Waals surface area contributed by atoms with E-state index in [1.165, 1.54) is 0 Å². The first-order valence-corrected chi connectivity index (χ1v) is 8.83. The lowest BCUT2D eigenvalue weighted by Crippen LogP contribution is -2.26. The Hall–Kier alpha value is -0.360. The van der Waals surface area contributed by atoms with Crippen molar-refractivity contribution in [3.63, 3.8) is 0 Å². The summed E-state index contributed by atoms with van der Waals surface area (Å²) in [5.74, 6) is 0. The summed E-state index contributed by atoms with van der Waals surface area (Å²) in [7, 11) is 0. The van der Waals surface area contributed by atoms with Gasteiger partial charge in [-0.1, -0.05) is 56.5 Å². The Kier molecular flexibility index (Phi) is 5.88. The highest BCUT2D eigenvalue weighted by Gasteiger charge is 2.24. The molecule has 0 aliphatic heterocycles. The lowest BCUT2D eigenvalue weighted by atomic mass is 10.0. The number of hydrogen-bond donors (Lipinski definition) is 1. The molecule has 0 amide bonds. The first-order chi connectivity index (χ1) is 9.95. The normalized spacial score (nSPS) is 12.9.